The number of rotatable bonds is 11. The number of ketones is 1. The van der Waals surface area contributed by atoms with Crippen LogP contribution in [0.4, 0.5) is 0 Å². The zero-order chi connectivity index (χ0) is 19.6. The summed E-state index contributed by atoms with van der Waals surface area (Å²) in [5.41, 5.74) is 1.37. The Kier molecular flexibility index (Phi) is 10.6. The van der Waals surface area contributed by atoms with Crippen LogP contribution in [0.25, 0.3) is 0 Å². The quantitative estimate of drug-likeness (QED) is 0.386. The Balaban J connectivity index is 0.00000392. The fourth-order valence-electron chi connectivity index (χ4n) is 2.80. The maximum absolute atomic E-state index is 12.5. The second kappa shape index (κ2) is 12.4. The number of aliphatic hydroxyl groups is 2. The van der Waals surface area contributed by atoms with Crippen molar-refractivity contribution in [1.29, 1.82) is 0 Å². The van der Waals surface area contributed by atoms with Crippen molar-refractivity contribution in [3.63, 3.8) is 0 Å². The fraction of sp³-hybridized carbons (Fsp3) is 0.381. The van der Waals surface area contributed by atoms with Crippen molar-refractivity contribution in [3.8, 4) is 11.5 Å². The Hall–Kier alpha value is -2.12. The number of quaternary nitrogens is 1. The van der Waals surface area contributed by atoms with Gasteiger partial charge >= 0.3 is 0 Å². The van der Waals surface area contributed by atoms with Gasteiger partial charge in [-0.15, -0.1) is 0 Å². The predicted molar refractivity (Wildman–Crippen MR) is 102 cm³/mol. The minimum Gasteiger partial charge on any atom is -1.00 e. The minimum absolute atomic E-state index is 0. The Morgan fingerprint density at radius 1 is 1.14 bits per heavy atom. The third-order valence-electron chi connectivity index (χ3n) is 4.35. The number of hydrogen-bond donors (Lipinski definition) is 3. The lowest BCUT2D eigenvalue weighted by atomic mass is 10.0. The monoisotopic (exact) mass is 409 g/mol. The summed E-state index contributed by atoms with van der Waals surface area (Å²) < 4.78 is 10.6. The molecule has 0 heterocycles. The third-order valence-corrected chi connectivity index (χ3v) is 4.35. The van der Waals surface area contributed by atoms with Crippen molar-refractivity contribution < 1.29 is 42.2 Å². The van der Waals surface area contributed by atoms with Gasteiger partial charge in [0.25, 0.3) is 0 Å². The number of Topliss-reactive ketones (excluding diaryl/α,β-unsaturated/α-hetero) is 1. The lowest BCUT2D eigenvalue weighted by Gasteiger charge is -2.17. The average Bonchev–Trinajstić information content (AvgIpc) is 2.71. The van der Waals surface area contributed by atoms with E-state index in [0.29, 0.717) is 30.0 Å². The van der Waals surface area contributed by atoms with Crippen molar-refractivity contribution >= 4 is 5.78 Å². The number of nitrogens with two attached hydrogens (primary N) is 1. The van der Waals surface area contributed by atoms with Gasteiger partial charge in [0.05, 0.1) is 26.7 Å². The smallest absolute Gasteiger partial charge is 0.168 e. The topological polar surface area (TPSA) is 92.6 Å². The average molecular weight is 410 g/mol. The summed E-state index contributed by atoms with van der Waals surface area (Å²) in [7, 11) is 1.53. The van der Waals surface area contributed by atoms with E-state index in [1.54, 1.807) is 18.2 Å². The molecule has 0 radical (unpaired) electrons. The Labute approximate surface area is 171 Å². The lowest BCUT2D eigenvalue weighted by molar-refractivity contribution is -0.693. The maximum atomic E-state index is 12.5. The molecule has 0 aliphatic rings. The van der Waals surface area contributed by atoms with Crippen LogP contribution in [0.1, 0.15) is 35.4 Å². The van der Waals surface area contributed by atoms with Crippen LogP contribution in [-0.2, 0) is 0 Å². The summed E-state index contributed by atoms with van der Waals surface area (Å²) >= 11 is 0. The number of hydrogen-bond acceptors (Lipinski definition) is 5. The van der Waals surface area contributed by atoms with Crippen LogP contribution in [0.15, 0.2) is 48.5 Å². The molecule has 0 aromatic heterocycles. The van der Waals surface area contributed by atoms with Crippen molar-refractivity contribution in [2.75, 3.05) is 26.9 Å². The van der Waals surface area contributed by atoms with E-state index in [2.05, 4.69) is 0 Å². The van der Waals surface area contributed by atoms with Crippen molar-refractivity contribution in [1.82, 2.24) is 0 Å². The summed E-state index contributed by atoms with van der Waals surface area (Å²) in [6, 6.07) is 14.4. The Morgan fingerprint density at radius 3 is 2.46 bits per heavy atom. The molecule has 4 N–H and O–H groups in total. The van der Waals surface area contributed by atoms with Crippen LogP contribution < -0.4 is 27.2 Å². The molecule has 2 aromatic carbocycles. The molecule has 0 aliphatic heterocycles. The van der Waals surface area contributed by atoms with Crippen LogP contribution in [-0.4, -0.2) is 48.9 Å². The maximum Gasteiger partial charge on any atom is 0.168 e. The van der Waals surface area contributed by atoms with Crippen LogP contribution >= 0.6 is 0 Å². The first-order chi connectivity index (χ1) is 13.0. The summed E-state index contributed by atoms with van der Waals surface area (Å²) in [6.45, 7) is 2.56. The molecular formula is C21H28ClNO5. The lowest BCUT2D eigenvalue weighted by Crippen LogP contribution is -3.00. The predicted octanol–water partition coefficient (Wildman–Crippen LogP) is -1.67. The second-order valence-corrected chi connectivity index (χ2v) is 6.38. The van der Waals surface area contributed by atoms with Crippen molar-refractivity contribution in [3.05, 3.63) is 59.7 Å². The van der Waals surface area contributed by atoms with Crippen LogP contribution in [0.2, 0.25) is 0 Å². The number of ether oxygens (including phenoxy) is 2. The molecule has 0 fully saturated rings. The highest BCUT2D eigenvalue weighted by atomic mass is 35.5. The Bertz CT molecular complexity index is 726. The van der Waals surface area contributed by atoms with Gasteiger partial charge in [-0.1, -0.05) is 30.3 Å². The highest BCUT2D eigenvalue weighted by molar-refractivity contribution is 5.96. The van der Waals surface area contributed by atoms with E-state index in [1.807, 2.05) is 42.6 Å². The molecule has 6 nitrogen and oxygen atoms in total. The molecule has 2 rings (SSSR count). The van der Waals surface area contributed by atoms with Crippen LogP contribution in [0.5, 0.6) is 11.5 Å². The summed E-state index contributed by atoms with van der Waals surface area (Å²) in [4.78, 5) is 12.5. The molecule has 2 unspecified atom stereocenters. The van der Waals surface area contributed by atoms with Gasteiger partial charge < -0.3 is 37.4 Å². The van der Waals surface area contributed by atoms with Gasteiger partial charge in [-0.2, -0.15) is 0 Å². The van der Waals surface area contributed by atoms with Gasteiger partial charge in [-0.05, 0) is 24.6 Å². The number of halogens is 1. The van der Waals surface area contributed by atoms with Gasteiger partial charge in [0.2, 0.25) is 0 Å². The number of methoxy groups -OCH3 is 1. The molecule has 28 heavy (non-hydrogen) atoms. The summed E-state index contributed by atoms with van der Waals surface area (Å²) in [5, 5.41) is 21.2. The molecule has 0 spiro atoms. The molecule has 2 aromatic rings. The normalized spacial score (nSPS) is 12.6. The zero-order valence-corrected chi connectivity index (χ0v) is 16.9. The van der Waals surface area contributed by atoms with Gasteiger partial charge in [-0.3, -0.25) is 4.79 Å². The molecule has 0 aliphatic carbocycles. The van der Waals surface area contributed by atoms with E-state index in [-0.39, 0.29) is 37.4 Å². The molecule has 0 saturated carbocycles. The minimum atomic E-state index is -0.586. The van der Waals surface area contributed by atoms with Gasteiger partial charge in [0.15, 0.2) is 5.78 Å². The van der Waals surface area contributed by atoms with E-state index in [1.165, 1.54) is 7.11 Å². The fourth-order valence-corrected chi connectivity index (χ4v) is 2.80. The number of benzene rings is 2. The SMILES string of the molecule is COc1cc(OCCO)cc(C(=O)CC[NH2+]C(C)C(O)c2ccccc2)c1.[Cl-]. The van der Waals surface area contributed by atoms with E-state index >= 15 is 0 Å². The molecule has 0 bridgehead atoms. The molecule has 0 amide bonds. The Morgan fingerprint density at radius 2 is 1.82 bits per heavy atom. The number of carbonyl (C=O) groups is 1. The number of carbonyl (C=O) groups excluding carboxylic acids is 1. The first-order valence-corrected chi connectivity index (χ1v) is 9.07. The highest BCUT2D eigenvalue weighted by Crippen LogP contribution is 2.23. The van der Waals surface area contributed by atoms with Crippen LogP contribution in [0.3, 0.4) is 0 Å². The molecule has 154 valence electrons. The largest absolute Gasteiger partial charge is 1.00 e. The van der Waals surface area contributed by atoms with Crippen molar-refractivity contribution in [2.24, 2.45) is 0 Å². The first kappa shape index (κ1) is 23.9. The van der Waals surface area contributed by atoms with E-state index in [0.717, 1.165) is 5.56 Å². The summed E-state index contributed by atoms with van der Waals surface area (Å²) in [6.07, 6.45) is -0.255. The first-order valence-electron chi connectivity index (χ1n) is 9.07. The number of aliphatic hydroxyl groups excluding tert-OH is 2. The molecule has 2 atom stereocenters. The molecule has 7 heteroatoms. The molecular weight excluding hydrogens is 382 g/mol. The highest BCUT2D eigenvalue weighted by Gasteiger charge is 2.19. The van der Waals surface area contributed by atoms with Gasteiger partial charge in [0.1, 0.15) is 30.3 Å². The van der Waals surface area contributed by atoms with Gasteiger partial charge in [0, 0.05) is 11.6 Å². The van der Waals surface area contributed by atoms with E-state index < -0.39 is 6.10 Å². The standard InChI is InChI=1S/C21H27NO5.ClH/c1-15(21(25)16-6-4-3-5-7-16)22-9-8-20(24)17-12-18(26-2)14-19(13-17)27-11-10-23;/h3-7,12-15,21-23,25H,8-11H2,1-2H3;1H. The van der Waals surface area contributed by atoms with Crippen LogP contribution in [0, 0.1) is 0 Å². The third kappa shape index (κ3) is 7.13. The van der Waals surface area contributed by atoms with Crippen molar-refractivity contribution in [2.45, 2.75) is 25.5 Å². The zero-order valence-electron chi connectivity index (χ0n) is 16.2. The van der Waals surface area contributed by atoms with Gasteiger partial charge in [-0.25, -0.2) is 0 Å². The summed E-state index contributed by atoms with van der Waals surface area (Å²) in [5.74, 6) is 0.995. The second-order valence-electron chi connectivity index (χ2n) is 6.38. The van der Waals surface area contributed by atoms with E-state index in [4.69, 9.17) is 14.6 Å². The molecule has 0 saturated heterocycles. The van der Waals surface area contributed by atoms with E-state index in [9.17, 15) is 9.90 Å².